The molecule has 0 spiro atoms. The SMILES string of the molecule is CSC.F.F. The van der Waals surface area contributed by atoms with Crippen molar-refractivity contribution in [2.45, 2.75) is 0 Å². The first-order chi connectivity index (χ1) is 1.41. The molecule has 0 unspecified atom stereocenters. The van der Waals surface area contributed by atoms with Gasteiger partial charge in [0.25, 0.3) is 0 Å². The summed E-state index contributed by atoms with van der Waals surface area (Å²) in [6.07, 6.45) is 4.08. The van der Waals surface area contributed by atoms with Gasteiger partial charge in [0.15, 0.2) is 0 Å². The minimum Gasteiger partial charge on any atom is -0.269 e. The van der Waals surface area contributed by atoms with Crippen molar-refractivity contribution in [3.8, 4) is 0 Å². The van der Waals surface area contributed by atoms with Crippen molar-refractivity contribution in [3.05, 3.63) is 0 Å². The van der Waals surface area contributed by atoms with Gasteiger partial charge in [-0.15, -0.1) is 0 Å². The Labute approximate surface area is 34.7 Å². The third kappa shape index (κ3) is 466. The molecule has 0 aliphatic rings. The van der Waals surface area contributed by atoms with E-state index in [2.05, 4.69) is 0 Å². The molecule has 0 aromatic heterocycles. The lowest BCUT2D eigenvalue weighted by atomic mass is 11.9. The Morgan fingerprint density at radius 3 is 1.00 bits per heavy atom. The van der Waals surface area contributed by atoms with Gasteiger partial charge in [-0.2, -0.15) is 11.8 Å². The van der Waals surface area contributed by atoms with E-state index in [-0.39, 0.29) is 9.41 Å². The van der Waals surface area contributed by atoms with Gasteiger partial charge in [0, 0.05) is 0 Å². The summed E-state index contributed by atoms with van der Waals surface area (Å²) in [5.41, 5.74) is 0. The number of rotatable bonds is 0. The van der Waals surface area contributed by atoms with Gasteiger partial charge in [0.05, 0.1) is 0 Å². The van der Waals surface area contributed by atoms with Crippen LogP contribution in [0.3, 0.4) is 0 Å². The van der Waals surface area contributed by atoms with Gasteiger partial charge in [-0.05, 0) is 12.5 Å². The average Bonchev–Trinajstić information content (AvgIpc) is 0.918. The van der Waals surface area contributed by atoms with Crippen molar-refractivity contribution in [1.82, 2.24) is 0 Å². The monoisotopic (exact) mass is 102 g/mol. The fourth-order valence-corrected chi connectivity index (χ4v) is 0. The van der Waals surface area contributed by atoms with E-state index in [1.165, 1.54) is 0 Å². The standard InChI is InChI=1S/C2H6S.2FH/c1-3-2;;/h1-2H3;2*1H. The molecule has 0 rings (SSSR count). The van der Waals surface area contributed by atoms with Gasteiger partial charge in [-0.25, -0.2) is 0 Å². The summed E-state index contributed by atoms with van der Waals surface area (Å²) in [7, 11) is 0. The maximum atomic E-state index is 2.04. The van der Waals surface area contributed by atoms with Crippen molar-refractivity contribution < 1.29 is 9.41 Å². The van der Waals surface area contributed by atoms with Crippen LogP contribution < -0.4 is 0 Å². The highest BCUT2D eigenvalue weighted by molar-refractivity contribution is 7.97. The summed E-state index contributed by atoms with van der Waals surface area (Å²) in [6, 6.07) is 0. The molecule has 0 amide bonds. The largest absolute Gasteiger partial charge is 0.269 e. The molecule has 3 heteroatoms. The van der Waals surface area contributed by atoms with Crippen molar-refractivity contribution in [1.29, 1.82) is 0 Å². The molecule has 0 aliphatic heterocycles. The molecule has 0 heterocycles. The van der Waals surface area contributed by atoms with E-state index < -0.39 is 0 Å². The normalized spacial score (nSPS) is 3.60. The van der Waals surface area contributed by atoms with E-state index in [1.807, 2.05) is 12.5 Å². The van der Waals surface area contributed by atoms with Crippen LogP contribution >= 0.6 is 11.8 Å². The van der Waals surface area contributed by atoms with Crippen LogP contribution in [0.4, 0.5) is 9.41 Å². The lowest BCUT2D eigenvalue weighted by Gasteiger charge is -1.51. The predicted octanol–water partition coefficient (Wildman–Crippen LogP) is 1.28. The van der Waals surface area contributed by atoms with Crippen molar-refractivity contribution in [2.75, 3.05) is 12.5 Å². The fraction of sp³-hybridized carbons (Fsp3) is 1.00. The molecule has 0 radical (unpaired) electrons. The van der Waals surface area contributed by atoms with Gasteiger partial charge < -0.3 is 0 Å². The summed E-state index contributed by atoms with van der Waals surface area (Å²) in [5.74, 6) is 0. The molecule has 0 N–H and O–H groups in total. The summed E-state index contributed by atoms with van der Waals surface area (Å²) < 4.78 is 0. The molecule has 0 bridgehead atoms. The summed E-state index contributed by atoms with van der Waals surface area (Å²) in [6.45, 7) is 0. The van der Waals surface area contributed by atoms with Gasteiger partial charge in [-0.1, -0.05) is 0 Å². The summed E-state index contributed by atoms with van der Waals surface area (Å²) in [4.78, 5) is 0. The van der Waals surface area contributed by atoms with E-state index in [1.54, 1.807) is 11.8 Å². The van der Waals surface area contributed by atoms with Crippen LogP contribution in [0.2, 0.25) is 0 Å². The molecule has 0 saturated heterocycles. The first-order valence-electron chi connectivity index (χ1n) is 0.816. The second kappa shape index (κ2) is 29.6. The Morgan fingerprint density at radius 2 is 1.00 bits per heavy atom. The Kier molecular flexibility index (Phi) is 112. The number of hydrogen-bond acceptors (Lipinski definition) is 1. The quantitative estimate of drug-likeness (QED) is 0.444. The third-order valence-corrected chi connectivity index (χ3v) is 0. The van der Waals surface area contributed by atoms with Crippen molar-refractivity contribution >= 4 is 11.8 Å². The molecule has 0 saturated carbocycles. The fourth-order valence-electron chi connectivity index (χ4n) is 0. The van der Waals surface area contributed by atoms with Crippen LogP contribution in [0.1, 0.15) is 0 Å². The van der Waals surface area contributed by atoms with E-state index in [4.69, 9.17) is 0 Å². The highest BCUT2D eigenvalue weighted by Crippen LogP contribution is 1.70. The minimum atomic E-state index is 0. The topological polar surface area (TPSA) is 0 Å². The molecule has 0 aromatic carbocycles. The molecule has 0 fully saturated rings. The van der Waals surface area contributed by atoms with Gasteiger partial charge in [0.1, 0.15) is 0 Å². The zero-order chi connectivity index (χ0) is 2.71. The first-order valence-corrected chi connectivity index (χ1v) is 2.45. The number of halogens is 2. The van der Waals surface area contributed by atoms with Crippen LogP contribution in [0, 0.1) is 0 Å². The van der Waals surface area contributed by atoms with Crippen molar-refractivity contribution in [3.63, 3.8) is 0 Å². The van der Waals surface area contributed by atoms with Gasteiger partial charge >= 0.3 is 0 Å². The first kappa shape index (κ1) is 18.9. The maximum Gasteiger partial charge on any atom is -0.0187 e. The molecule has 0 aliphatic carbocycles. The highest BCUT2D eigenvalue weighted by atomic mass is 32.2. The highest BCUT2D eigenvalue weighted by Gasteiger charge is 1.32. The zero-order valence-corrected chi connectivity index (χ0v) is 4.04. The van der Waals surface area contributed by atoms with Crippen LogP contribution in [0.5, 0.6) is 0 Å². The lowest BCUT2D eigenvalue weighted by Crippen LogP contribution is -1.25. The molecule has 5 heavy (non-hydrogen) atoms. The average molecular weight is 102 g/mol. The van der Waals surface area contributed by atoms with Crippen molar-refractivity contribution in [2.24, 2.45) is 0 Å². The molecule has 0 aromatic rings. The molecule has 36 valence electrons. The van der Waals surface area contributed by atoms with E-state index in [9.17, 15) is 0 Å². The zero-order valence-electron chi connectivity index (χ0n) is 3.22. The summed E-state index contributed by atoms with van der Waals surface area (Å²) >= 11 is 1.75. The van der Waals surface area contributed by atoms with E-state index in [0.29, 0.717) is 0 Å². The lowest BCUT2D eigenvalue weighted by molar-refractivity contribution is 1.11. The van der Waals surface area contributed by atoms with Crippen LogP contribution in [0.15, 0.2) is 0 Å². The number of hydrogen-bond donors (Lipinski definition) is 0. The second-order valence-corrected chi connectivity index (χ2v) is 1.22. The Bertz CT molecular complexity index is 7.61. The van der Waals surface area contributed by atoms with Gasteiger partial charge in [-0.3, -0.25) is 9.41 Å². The second-order valence-electron chi connectivity index (χ2n) is 0.408. The smallest absolute Gasteiger partial charge is 0.0187 e. The third-order valence-electron chi connectivity index (χ3n) is 0. The van der Waals surface area contributed by atoms with E-state index in [0.717, 1.165) is 0 Å². The predicted molar refractivity (Wildman–Crippen MR) is 24.4 cm³/mol. The van der Waals surface area contributed by atoms with Gasteiger partial charge in [0.2, 0.25) is 0 Å². The Hall–Kier alpha value is 0.210. The minimum absolute atomic E-state index is 0. The van der Waals surface area contributed by atoms with Crippen LogP contribution in [-0.2, 0) is 0 Å². The Balaban J connectivity index is -0.0000000200. The molecule has 0 atom stereocenters. The Morgan fingerprint density at radius 1 is 1.00 bits per heavy atom. The molecule has 0 nitrogen and oxygen atoms in total. The number of thioether (sulfide) groups is 1. The molecular weight excluding hydrogens is 94.1 g/mol. The summed E-state index contributed by atoms with van der Waals surface area (Å²) in [5, 5.41) is 0. The van der Waals surface area contributed by atoms with Crippen LogP contribution in [0.25, 0.3) is 0 Å². The maximum absolute atomic E-state index is 2.04. The van der Waals surface area contributed by atoms with Crippen LogP contribution in [-0.4, -0.2) is 12.5 Å². The molecular formula is C2H8F2S. The van der Waals surface area contributed by atoms with E-state index >= 15 is 0 Å².